The second-order valence-corrected chi connectivity index (χ2v) is 12.6. The zero-order valence-corrected chi connectivity index (χ0v) is 20.7. The molecule has 0 aromatic heterocycles. The summed E-state index contributed by atoms with van der Waals surface area (Å²) in [5.74, 6) is 5.42. The van der Waals surface area contributed by atoms with Crippen molar-refractivity contribution >= 4 is 22.0 Å². The van der Waals surface area contributed by atoms with Gasteiger partial charge in [-0.1, -0.05) is 30.2 Å². The van der Waals surface area contributed by atoms with Crippen LogP contribution < -0.4 is 0 Å². The van der Waals surface area contributed by atoms with Gasteiger partial charge < -0.3 is 0 Å². The van der Waals surface area contributed by atoms with Crippen molar-refractivity contribution in [3.8, 4) is 0 Å². The third kappa shape index (κ3) is 3.60. The Morgan fingerprint density at radius 2 is 1.74 bits per heavy atom. The summed E-state index contributed by atoms with van der Waals surface area (Å²) in [6.07, 6.45) is 8.74. The molecule has 1 aromatic carbocycles. The maximum absolute atomic E-state index is 13.1. The van der Waals surface area contributed by atoms with Crippen LogP contribution in [0.15, 0.2) is 52.0 Å². The van der Waals surface area contributed by atoms with Crippen LogP contribution in [0, 0.1) is 35.5 Å². The van der Waals surface area contributed by atoms with Gasteiger partial charge in [0.25, 0.3) is 10.1 Å². The van der Waals surface area contributed by atoms with E-state index in [9.17, 15) is 18.0 Å². The van der Waals surface area contributed by atoms with Gasteiger partial charge in [-0.25, -0.2) is 9.59 Å². The monoisotopic (exact) mass is 480 g/mol. The summed E-state index contributed by atoms with van der Waals surface area (Å²) in [5.41, 5.74) is 3.23. The van der Waals surface area contributed by atoms with Gasteiger partial charge in [-0.3, -0.25) is 4.18 Å². The van der Waals surface area contributed by atoms with E-state index in [2.05, 4.69) is 18.8 Å². The standard InChI is InChI=1S/C28H32O5S/c1-19-3-7-23(8-4-19)34(31,32)33-18-28-14-11-20(16-29)15-21(28)5-9-24-25-10-6-22(17-30)27(25,2)13-12-26(24)28/h3-4,7-8,15,24-26H,5-6,9-14,18H2,1-2H3/t24-,25+,26+,27-,28-/m1/s1. The quantitative estimate of drug-likeness (QED) is 0.439. The number of aryl methyl sites for hydroxylation is 1. The third-order valence-electron chi connectivity index (χ3n) is 9.54. The van der Waals surface area contributed by atoms with Crippen molar-refractivity contribution in [2.75, 3.05) is 6.61 Å². The summed E-state index contributed by atoms with van der Waals surface area (Å²) in [6.45, 7) is 4.24. The highest BCUT2D eigenvalue weighted by Gasteiger charge is 2.59. The van der Waals surface area contributed by atoms with Crippen molar-refractivity contribution in [1.82, 2.24) is 0 Å². The Kier molecular flexibility index (Phi) is 5.85. The molecule has 0 spiro atoms. The Balaban J connectivity index is 1.50. The summed E-state index contributed by atoms with van der Waals surface area (Å²) in [6, 6.07) is 6.74. The number of hydrogen-bond acceptors (Lipinski definition) is 5. The Labute approximate surface area is 202 Å². The second-order valence-electron chi connectivity index (χ2n) is 11.0. The summed E-state index contributed by atoms with van der Waals surface area (Å²) in [7, 11) is -3.90. The first-order valence-electron chi connectivity index (χ1n) is 12.4. The van der Waals surface area contributed by atoms with E-state index in [1.54, 1.807) is 24.3 Å². The molecule has 0 heterocycles. The maximum atomic E-state index is 13.1. The fraction of sp³-hybridized carbons (Fsp3) is 0.571. The Hall–Kier alpha value is -2.23. The predicted molar refractivity (Wildman–Crippen MR) is 129 cm³/mol. The average molecular weight is 481 g/mol. The van der Waals surface area contributed by atoms with Gasteiger partial charge in [0.1, 0.15) is 11.9 Å². The van der Waals surface area contributed by atoms with Gasteiger partial charge in [0.05, 0.1) is 11.5 Å². The highest BCUT2D eigenvalue weighted by molar-refractivity contribution is 7.86. The summed E-state index contributed by atoms with van der Waals surface area (Å²) < 4.78 is 32.0. The minimum atomic E-state index is -3.90. The van der Waals surface area contributed by atoms with Crippen molar-refractivity contribution in [2.24, 2.45) is 28.6 Å². The largest absolute Gasteiger partial charge is 0.297 e. The van der Waals surface area contributed by atoms with E-state index in [-0.39, 0.29) is 22.8 Å². The first kappa shape index (κ1) is 23.5. The second kappa shape index (κ2) is 8.46. The molecule has 0 amide bonds. The fourth-order valence-corrected chi connectivity index (χ4v) is 8.65. The molecule has 3 saturated carbocycles. The Bertz CT molecular complexity index is 1230. The first-order chi connectivity index (χ1) is 16.2. The van der Waals surface area contributed by atoms with Crippen LogP contribution in [0.5, 0.6) is 0 Å². The van der Waals surface area contributed by atoms with Gasteiger partial charge in [0, 0.05) is 22.0 Å². The number of allylic oxidation sites excluding steroid dienone is 3. The van der Waals surface area contributed by atoms with Crippen molar-refractivity contribution < 1.29 is 22.2 Å². The van der Waals surface area contributed by atoms with E-state index in [0.29, 0.717) is 30.3 Å². The molecule has 0 radical (unpaired) electrons. The SMILES string of the molecule is Cc1ccc(S(=O)(=O)OC[C@]23CCC(=C=O)C=C2CC[C@H]2[C@@H]3CC[C@]3(C)C(=C=O)CC[C@@H]23)cc1. The lowest BCUT2D eigenvalue weighted by atomic mass is 9.47. The number of rotatable bonds is 4. The molecule has 180 valence electrons. The van der Waals surface area contributed by atoms with Crippen molar-refractivity contribution in [3.05, 3.63) is 52.6 Å². The van der Waals surface area contributed by atoms with E-state index in [1.807, 2.05) is 13.0 Å². The van der Waals surface area contributed by atoms with Gasteiger partial charge in [-0.05, 0) is 94.3 Å². The van der Waals surface area contributed by atoms with Gasteiger partial charge in [-0.2, -0.15) is 8.42 Å². The highest BCUT2D eigenvalue weighted by Crippen LogP contribution is 2.66. The van der Waals surface area contributed by atoms with Crippen LogP contribution in [0.4, 0.5) is 0 Å². The maximum Gasteiger partial charge on any atom is 0.297 e. The molecule has 4 aliphatic carbocycles. The molecule has 5 nitrogen and oxygen atoms in total. The molecule has 1 aromatic rings. The predicted octanol–water partition coefficient (Wildman–Crippen LogP) is 5.16. The molecule has 0 saturated heterocycles. The Morgan fingerprint density at radius 3 is 2.44 bits per heavy atom. The number of fused-ring (bicyclic) bond motifs is 5. The van der Waals surface area contributed by atoms with E-state index in [1.165, 1.54) is 0 Å². The molecule has 0 N–H and O–H groups in total. The van der Waals surface area contributed by atoms with Gasteiger partial charge in [0.2, 0.25) is 0 Å². The molecule has 34 heavy (non-hydrogen) atoms. The van der Waals surface area contributed by atoms with Crippen LogP contribution >= 0.6 is 0 Å². The molecule has 6 heteroatoms. The van der Waals surface area contributed by atoms with E-state index >= 15 is 0 Å². The molecule has 0 bridgehead atoms. The summed E-state index contributed by atoms with van der Waals surface area (Å²) >= 11 is 0. The summed E-state index contributed by atoms with van der Waals surface area (Å²) in [4.78, 5) is 23.3. The van der Waals surface area contributed by atoms with Crippen LogP contribution in [-0.2, 0) is 23.9 Å². The lowest BCUT2D eigenvalue weighted by molar-refractivity contribution is -0.0487. The van der Waals surface area contributed by atoms with Crippen LogP contribution in [0.2, 0.25) is 0 Å². The zero-order valence-electron chi connectivity index (χ0n) is 19.9. The van der Waals surface area contributed by atoms with Crippen LogP contribution in [0.3, 0.4) is 0 Å². The fourth-order valence-electron chi connectivity index (χ4n) is 7.68. The average Bonchev–Trinajstić information content (AvgIpc) is 3.19. The van der Waals surface area contributed by atoms with E-state index < -0.39 is 15.5 Å². The minimum Gasteiger partial charge on any atom is -0.265 e. The van der Waals surface area contributed by atoms with Crippen LogP contribution in [0.1, 0.15) is 63.9 Å². The molecule has 5 rings (SSSR count). The zero-order chi connectivity index (χ0) is 24.1. The Morgan fingerprint density at radius 1 is 0.971 bits per heavy atom. The lowest BCUT2D eigenvalue weighted by Crippen LogP contribution is -2.52. The topological polar surface area (TPSA) is 77.5 Å². The lowest BCUT2D eigenvalue weighted by Gasteiger charge is -2.58. The number of carbonyl (C=O) groups excluding carboxylic acids is 2. The van der Waals surface area contributed by atoms with Crippen molar-refractivity contribution in [2.45, 2.75) is 70.1 Å². The van der Waals surface area contributed by atoms with E-state index in [0.717, 1.165) is 55.2 Å². The molecule has 0 unspecified atom stereocenters. The van der Waals surface area contributed by atoms with Gasteiger partial charge >= 0.3 is 0 Å². The molecule has 5 atom stereocenters. The third-order valence-corrected chi connectivity index (χ3v) is 10.8. The molecule has 0 aliphatic heterocycles. The minimum absolute atomic E-state index is 0.0946. The normalized spacial score (nSPS) is 34.9. The van der Waals surface area contributed by atoms with Gasteiger partial charge in [-0.15, -0.1) is 0 Å². The summed E-state index contributed by atoms with van der Waals surface area (Å²) in [5, 5.41) is 0. The molecule has 3 fully saturated rings. The highest BCUT2D eigenvalue weighted by atomic mass is 32.2. The van der Waals surface area contributed by atoms with Crippen molar-refractivity contribution in [3.63, 3.8) is 0 Å². The van der Waals surface area contributed by atoms with Crippen molar-refractivity contribution in [1.29, 1.82) is 0 Å². The first-order valence-corrected chi connectivity index (χ1v) is 13.8. The van der Waals surface area contributed by atoms with Crippen LogP contribution in [-0.4, -0.2) is 26.9 Å². The van der Waals surface area contributed by atoms with Gasteiger partial charge in [0.15, 0.2) is 0 Å². The molecular formula is C28H32O5S. The number of hydrogen-bond donors (Lipinski definition) is 0. The van der Waals surface area contributed by atoms with E-state index in [4.69, 9.17) is 4.18 Å². The molecule has 4 aliphatic rings. The smallest absolute Gasteiger partial charge is 0.265 e. The van der Waals surface area contributed by atoms with Crippen LogP contribution in [0.25, 0.3) is 0 Å². The number of benzene rings is 1. The molecular weight excluding hydrogens is 448 g/mol.